The Bertz CT molecular complexity index is 179. The zero-order chi connectivity index (χ0) is 10.0. The Morgan fingerprint density at radius 1 is 1.29 bits per heavy atom. The fourth-order valence-corrected chi connectivity index (χ4v) is 3.43. The third kappa shape index (κ3) is 2.29. The molecule has 2 unspecified atom stereocenters. The van der Waals surface area contributed by atoms with Crippen molar-refractivity contribution in [2.24, 2.45) is 11.8 Å². The number of hydrogen-bond acceptors (Lipinski definition) is 2. The first kappa shape index (κ1) is 10.4. The average molecular weight is 198 g/mol. The van der Waals surface area contributed by atoms with E-state index < -0.39 is 5.60 Å². The van der Waals surface area contributed by atoms with E-state index >= 15 is 0 Å². The maximum Gasteiger partial charge on any atom is 0.0675 e. The van der Waals surface area contributed by atoms with Gasteiger partial charge in [-0.3, -0.25) is 0 Å². The molecule has 2 heteroatoms. The van der Waals surface area contributed by atoms with E-state index in [4.69, 9.17) is 4.74 Å². The second kappa shape index (κ2) is 4.19. The minimum absolute atomic E-state index is 0.399. The van der Waals surface area contributed by atoms with Crippen LogP contribution in [0.4, 0.5) is 0 Å². The maximum absolute atomic E-state index is 10.4. The van der Waals surface area contributed by atoms with Crippen LogP contribution in [-0.2, 0) is 4.74 Å². The first-order valence-electron chi connectivity index (χ1n) is 5.93. The van der Waals surface area contributed by atoms with Crippen molar-refractivity contribution in [3.05, 3.63) is 0 Å². The lowest BCUT2D eigenvalue weighted by Crippen LogP contribution is -2.41. The minimum Gasteiger partial charge on any atom is -0.390 e. The Hall–Kier alpha value is -0.0800. The smallest absolute Gasteiger partial charge is 0.0675 e. The van der Waals surface area contributed by atoms with Crippen LogP contribution in [-0.4, -0.2) is 24.4 Å². The second-order valence-electron chi connectivity index (χ2n) is 5.27. The van der Waals surface area contributed by atoms with E-state index in [1.54, 1.807) is 7.11 Å². The van der Waals surface area contributed by atoms with Gasteiger partial charge in [-0.25, -0.2) is 0 Å². The third-order valence-electron chi connectivity index (χ3n) is 4.00. The Morgan fingerprint density at radius 3 is 2.50 bits per heavy atom. The molecular weight excluding hydrogens is 176 g/mol. The van der Waals surface area contributed by atoms with Crippen molar-refractivity contribution in [3.63, 3.8) is 0 Å². The number of aliphatic hydroxyl groups is 1. The molecule has 2 fully saturated rings. The highest BCUT2D eigenvalue weighted by Crippen LogP contribution is 2.45. The quantitative estimate of drug-likeness (QED) is 0.754. The third-order valence-corrected chi connectivity index (χ3v) is 4.00. The van der Waals surface area contributed by atoms with Crippen molar-refractivity contribution in [3.8, 4) is 0 Å². The second-order valence-corrected chi connectivity index (χ2v) is 5.27. The van der Waals surface area contributed by atoms with Gasteiger partial charge in [0.05, 0.1) is 5.60 Å². The minimum atomic E-state index is -0.399. The summed E-state index contributed by atoms with van der Waals surface area (Å²) < 4.78 is 5.07. The van der Waals surface area contributed by atoms with E-state index in [1.807, 2.05) is 0 Å². The predicted octanol–water partition coefficient (Wildman–Crippen LogP) is 2.35. The van der Waals surface area contributed by atoms with E-state index in [1.165, 1.54) is 25.7 Å². The first-order valence-corrected chi connectivity index (χ1v) is 5.93. The molecule has 0 aliphatic heterocycles. The number of ether oxygens (including phenoxy) is 1. The van der Waals surface area contributed by atoms with Gasteiger partial charge in [0.15, 0.2) is 0 Å². The van der Waals surface area contributed by atoms with E-state index in [0.717, 1.165) is 31.1 Å². The molecule has 2 atom stereocenters. The topological polar surface area (TPSA) is 29.5 Å². The summed E-state index contributed by atoms with van der Waals surface area (Å²) >= 11 is 0. The molecule has 14 heavy (non-hydrogen) atoms. The summed E-state index contributed by atoms with van der Waals surface area (Å²) in [6.45, 7) is 0.704. The van der Waals surface area contributed by atoms with E-state index in [0.29, 0.717) is 6.61 Å². The van der Waals surface area contributed by atoms with Gasteiger partial charge in [-0.05, 0) is 37.5 Å². The molecule has 1 N–H and O–H groups in total. The molecule has 0 aromatic carbocycles. The molecule has 2 saturated carbocycles. The Kier molecular flexibility index (Phi) is 3.13. The average Bonchev–Trinajstić information content (AvgIpc) is 2.14. The molecule has 0 saturated heterocycles. The predicted molar refractivity (Wildman–Crippen MR) is 56.1 cm³/mol. The van der Waals surface area contributed by atoms with Crippen LogP contribution in [0.2, 0.25) is 0 Å². The summed E-state index contributed by atoms with van der Waals surface area (Å²) in [6.07, 6.45) is 8.30. The molecule has 2 aliphatic carbocycles. The van der Waals surface area contributed by atoms with Crippen molar-refractivity contribution in [2.45, 2.75) is 50.5 Å². The van der Waals surface area contributed by atoms with Crippen molar-refractivity contribution in [1.29, 1.82) is 0 Å². The molecule has 0 heterocycles. The van der Waals surface area contributed by atoms with Crippen molar-refractivity contribution >= 4 is 0 Å². The fourth-order valence-electron chi connectivity index (χ4n) is 3.43. The molecule has 2 bridgehead atoms. The van der Waals surface area contributed by atoms with Crippen molar-refractivity contribution in [2.75, 3.05) is 13.7 Å². The zero-order valence-electron chi connectivity index (χ0n) is 9.17. The summed E-state index contributed by atoms with van der Waals surface area (Å²) in [5.41, 5.74) is -0.399. The van der Waals surface area contributed by atoms with Gasteiger partial charge in [-0.2, -0.15) is 0 Å². The Balaban J connectivity index is 1.93. The molecule has 2 rings (SSSR count). The summed E-state index contributed by atoms with van der Waals surface area (Å²) in [5.74, 6) is 1.59. The van der Waals surface area contributed by atoms with E-state index in [9.17, 15) is 5.11 Å². The normalized spacial score (nSPS) is 42.4. The van der Waals surface area contributed by atoms with Crippen molar-refractivity contribution < 1.29 is 9.84 Å². The Morgan fingerprint density at radius 2 is 1.93 bits per heavy atom. The van der Waals surface area contributed by atoms with Crippen LogP contribution < -0.4 is 0 Å². The molecule has 0 aromatic heterocycles. The highest BCUT2D eigenvalue weighted by atomic mass is 16.5. The van der Waals surface area contributed by atoms with Crippen LogP contribution in [0.15, 0.2) is 0 Å². The fraction of sp³-hybridized carbons (Fsp3) is 1.00. The van der Waals surface area contributed by atoms with Gasteiger partial charge in [0.2, 0.25) is 0 Å². The van der Waals surface area contributed by atoms with Crippen LogP contribution in [0, 0.1) is 11.8 Å². The van der Waals surface area contributed by atoms with Gasteiger partial charge in [-0.15, -0.1) is 0 Å². The summed E-state index contributed by atoms with van der Waals surface area (Å²) in [4.78, 5) is 0. The monoisotopic (exact) mass is 198 g/mol. The van der Waals surface area contributed by atoms with Crippen LogP contribution in [0.25, 0.3) is 0 Å². The number of rotatable bonds is 3. The molecule has 0 aromatic rings. The van der Waals surface area contributed by atoms with Crippen molar-refractivity contribution in [1.82, 2.24) is 0 Å². The molecule has 2 nitrogen and oxygen atoms in total. The molecule has 2 aliphatic rings. The zero-order valence-corrected chi connectivity index (χ0v) is 9.17. The largest absolute Gasteiger partial charge is 0.390 e. The number of methoxy groups -OCH3 is 1. The lowest BCUT2D eigenvalue weighted by Gasteiger charge is -2.44. The molecule has 0 radical (unpaired) electrons. The van der Waals surface area contributed by atoms with Crippen LogP contribution in [0.5, 0.6) is 0 Å². The SMILES string of the molecule is COCCC1(O)CC2CCCC(C2)C1. The lowest BCUT2D eigenvalue weighted by atomic mass is 9.65. The van der Waals surface area contributed by atoms with Crippen LogP contribution in [0.1, 0.15) is 44.9 Å². The number of fused-ring (bicyclic) bond motifs is 2. The Labute approximate surface area is 86.6 Å². The van der Waals surface area contributed by atoms with Gasteiger partial charge >= 0.3 is 0 Å². The number of hydrogen-bond donors (Lipinski definition) is 1. The molecule has 0 amide bonds. The van der Waals surface area contributed by atoms with Gasteiger partial charge in [0.25, 0.3) is 0 Å². The summed E-state index contributed by atoms with van der Waals surface area (Å²) in [7, 11) is 1.72. The highest BCUT2D eigenvalue weighted by Gasteiger charge is 2.40. The van der Waals surface area contributed by atoms with Crippen LogP contribution in [0.3, 0.4) is 0 Å². The standard InChI is InChI=1S/C12H22O2/c1-14-6-5-12(13)8-10-3-2-4-11(7-10)9-12/h10-11,13H,2-9H2,1H3. The van der Waals surface area contributed by atoms with Crippen LogP contribution >= 0.6 is 0 Å². The molecule has 82 valence electrons. The maximum atomic E-state index is 10.4. The van der Waals surface area contributed by atoms with Gasteiger partial charge in [0.1, 0.15) is 0 Å². The van der Waals surface area contributed by atoms with E-state index in [2.05, 4.69) is 0 Å². The lowest BCUT2D eigenvalue weighted by molar-refractivity contribution is -0.0681. The first-order chi connectivity index (χ1) is 6.72. The summed E-state index contributed by atoms with van der Waals surface area (Å²) in [5, 5.41) is 10.4. The highest BCUT2D eigenvalue weighted by molar-refractivity contribution is 4.92. The van der Waals surface area contributed by atoms with Gasteiger partial charge < -0.3 is 9.84 Å². The summed E-state index contributed by atoms with van der Waals surface area (Å²) in [6, 6.07) is 0. The molecular formula is C12H22O2. The van der Waals surface area contributed by atoms with E-state index in [-0.39, 0.29) is 0 Å². The van der Waals surface area contributed by atoms with Gasteiger partial charge in [-0.1, -0.05) is 19.3 Å². The van der Waals surface area contributed by atoms with Gasteiger partial charge in [0, 0.05) is 13.7 Å². The molecule has 0 spiro atoms.